The van der Waals surface area contributed by atoms with Crippen LogP contribution in [0.3, 0.4) is 0 Å². The fourth-order valence-electron chi connectivity index (χ4n) is 2.35. The number of H-pyrrole nitrogens is 2. The summed E-state index contributed by atoms with van der Waals surface area (Å²) in [4.78, 5) is 19.5. The molecule has 0 amide bonds. The van der Waals surface area contributed by atoms with Crippen LogP contribution in [0.15, 0.2) is 33.5 Å². The molecule has 0 saturated carbocycles. The highest BCUT2D eigenvalue weighted by Gasteiger charge is 2.11. The number of hydrogen-bond acceptors (Lipinski definition) is 3. The quantitative estimate of drug-likeness (QED) is 0.762. The van der Waals surface area contributed by atoms with Gasteiger partial charge < -0.3 is 4.98 Å². The third kappa shape index (κ3) is 2.90. The van der Waals surface area contributed by atoms with Gasteiger partial charge in [0.1, 0.15) is 11.3 Å². The Hall–Kier alpha value is -1.95. The molecule has 5 nitrogen and oxygen atoms in total. The Morgan fingerprint density at radius 2 is 2.14 bits per heavy atom. The van der Waals surface area contributed by atoms with Gasteiger partial charge in [-0.1, -0.05) is 41.4 Å². The third-order valence-electron chi connectivity index (χ3n) is 3.29. The zero-order chi connectivity index (χ0) is 14.8. The van der Waals surface area contributed by atoms with E-state index in [-0.39, 0.29) is 5.56 Å². The average molecular weight is 347 g/mol. The van der Waals surface area contributed by atoms with E-state index in [2.05, 4.69) is 43.0 Å². The Balaban J connectivity index is 2.03. The maximum Gasteiger partial charge on any atom is 0.279 e. The van der Waals surface area contributed by atoms with Gasteiger partial charge in [-0.05, 0) is 24.1 Å². The lowest BCUT2D eigenvalue weighted by atomic mass is 10.1. The molecule has 0 aliphatic carbocycles. The predicted molar refractivity (Wildman–Crippen MR) is 85.5 cm³/mol. The summed E-state index contributed by atoms with van der Waals surface area (Å²) in [5, 5.41) is 6.98. The van der Waals surface area contributed by atoms with Crippen molar-refractivity contribution in [2.75, 3.05) is 0 Å². The minimum atomic E-state index is -0.191. The van der Waals surface area contributed by atoms with E-state index < -0.39 is 0 Å². The van der Waals surface area contributed by atoms with Crippen LogP contribution < -0.4 is 5.56 Å². The zero-order valence-corrected chi connectivity index (χ0v) is 13.2. The minimum absolute atomic E-state index is 0.191. The van der Waals surface area contributed by atoms with Crippen LogP contribution in [-0.2, 0) is 12.8 Å². The Bertz CT molecular complexity index is 837. The molecular weight excluding hydrogens is 332 g/mol. The Morgan fingerprint density at radius 1 is 1.29 bits per heavy atom. The maximum atomic E-state index is 12.1. The molecule has 21 heavy (non-hydrogen) atoms. The molecule has 0 saturated heterocycles. The molecule has 0 bridgehead atoms. The fourth-order valence-corrected chi connectivity index (χ4v) is 2.80. The van der Waals surface area contributed by atoms with Gasteiger partial charge >= 0.3 is 0 Å². The van der Waals surface area contributed by atoms with E-state index in [0.717, 1.165) is 28.6 Å². The summed E-state index contributed by atoms with van der Waals surface area (Å²) < 4.78 is 1.01. The first-order valence-electron chi connectivity index (χ1n) is 6.88. The number of aromatic amines is 2. The van der Waals surface area contributed by atoms with Crippen LogP contribution in [0, 0.1) is 0 Å². The van der Waals surface area contributed by atoms with Gasteiger partial charge in [-0.3, -0.25) is 9.89 Å². The third-order valence-corrected chi connectivity index (χ3v) is 3.79. The fraction of sp³-hybridized carbons (Fsp3) is 0.267. The molecule has 0 spiro atoms. The number of benzene rings is 1. The summed E-state index contributed by atoms with van der Waals surface area (Å²) in [7, 11) is 0. The van der Waals surface area contributed by atoms with Crippen molar-refractivity contribution in [1.29, 1.82) is 0 Å². The molecule has 3 rings (SSSR count). The van der Waals surface area contributed by atoms with Crippen molar-refractivity contribution in [3.63, 3.8) is 0 Å². The van der Waals surface area contributed by atoms with Crippen molar-refractivity contribution in [2.45, 2.75) is 26.2 Å². The Kier molecular flexibility index (Phi) is 3.88. The first-order valence-corrected chi connectivity index (χ1v) is 7.67. The highest BCUT2D eigenvalue weighted by atomic mass is 79.9. The van der Waals surface area contributed by atoms with E-state index in [9.17, 15) is 4.79 Å². The second-order valence-corrected chi connectivity index (χ2v) is 5.88. The van der Waals surface area contributed by atoms with Gasteiger partial charge in [0.25, 0.3) is 5.56 Å². The number of aromatic nitrogens is 4. The van der Waals surface area contributed by atoms with E-state index in [0.29, 0.717) is 23.3 Å². The van der Waals surface area contributed by atoms with Gasteiger partial charge in [-0.25, -0.2) is 4.98 Å². The summed E-state index contributed by atoms with van der Waals surface area (Å²) in [5.74, 6) is 0.657. The number of fused-ring (bicyclic) bond motifs is 1. The first-order chi connectivity index (χ1) is 10.2. The van der Waals surface area contributed by atoms with Crippen molar-refractivity contribution in [1.82, 2.24) is 20.2 Å². The van der Waals surface area contributed by atoms with Gasteiger partial charge in [0.15, 0.2) is 5.52 Å². The van der Waals surface area contributed by atoms with Crippen LogP contribution in [0.1, 0.15) is 30.4 Å². The van der Waals surface area contributed by atoms with Crippen molar-refractivity contribution in [2.24, 2.45) is 0 Å². The highest BCUT2D eigenvalue weighted by Crippen LogP contribution is 2.15. The van der Waals surface area contributed by atoms with Gasteiger partial charge in [0, 0.05) is 10.9 Å². The molecule has 108 valence electrons. The summed E-state index contributed by atoms with van der Waals surface area (Å²) in [5.41, 5.74) is 2.90. The summed E-state index contributed by atoms with van der Waals surface area (Å²) >= 11 is 3.45. The normalized spacial score (nSPS) is 11.1. The smallest absolute Gasteiger partial charge is 0.279 e. The lowest BCUT2D eigenvalue weighted by Crippen LogP contribution is -2.12. The van der Waals surface area contributed by atoms with Crippen molar-refractivity contribution in [3.05, 3.63) is 56.2 Å². The molecule has 0 atom stereocenters. The average Bonchev–Trinajstić information content (AvgIpc) is 2.83. The molecule has 6 heteroatoms. The van der Waals surface area contributed by atoms with E-state index in [4.69, 9.17) is 0 Å². The van der Waals surface area contributed by atoms with E-state index >= 15 is 0 Å². The van der Waals surface area contributed by atoms with Crippen molar-refractivity contribution >= 4 is 27.0 Å². The summed E-state index contributed by atoms with van der Waals surface area (Å²) in [6.07, 6.45) is 2.40. The molecule has 2 N–H and O–H groups in total. The Morgan fingerprint density at radius 3 is 2.90 bits per heavy atom. The monoisotopic (exact) mass is 346 g/mol. The van der Waals surface area contributed by atoms with Crippen LogP contribution in [0.2, 0.25) is 0 Å². The molecule has 0 aliphatic rings. The van der Waals surface area contributed by atoms with Gasteiger partial charge in [-0.15, -0.1) is 0 Å². The van der Waals surface area contributed by atoms with Crippen LogP contribution >= 0.6 is 15.9 Å². The van der Waals surface area contributed by atoms with Crippen LogP contribution in [0.4, 0.5) is 0 Å². The van der Waals surface area contributed by atoms with Crippen LogP contribution in [0.5, 0.6) is 0 Å². The predicted octanol–water partition coefficient (Wildman–Crippen LogP) is 2.95. The van der Waals surface area contributed by atoms with E-state index in [1.54, 1.807) is 0 Å². The number of hydrogen-bond donors (Lipinski definition) is 2. The standard InChI is InChI=1S/C15H15BrN4O/c1-2-4-11-13-14(20-19-11)15(21)18-12(17-13)8-9-5-3-6-10(16)7-9/h3,5-7H,2,4,8H2,1H3,(H,19,20)(H,17,18,21). The van der Waals surface area contributed by atoms with E-state index in [1.807, 2.05) is 24.3 Å². The van der Waals surface area contributed by atoms with Gasteiger partial charge in [-0.2, -0.15) is 5.10 Å². The highest BCUT2D eigenvalue weighted by molar-refractivity contribution is 9.10. The molecule has 3 aromatic rings. The summed E-state index contributed by atoms with van der Waals surface area (Å²) in [6, 6.07) is 7.97. The lowest BCUT2D eigenvalue weighted by Gasteiger charge is -2.03. The molecule has 0 unspecified atom stereocenters. The SMILES string of the molecule is CCCc1[nH]nc2c(=O)[nH]c(Cc3cccc(Br)c3)nc12. The Labute approximate surface area is 129 Å². The lowest BCUT2D eigenvalue weighted by molar-refractivity contribution is 0.870. The van der Waals surface area contributed by atoms with Gasteiger partial charge in [0.2, 0.25) is 0 Å². The molecule has 2 heterocycles. The number of halogens is 1. The molecule has 1 aromatic carbocycles. The zero-order valence-electron chi connectivity index (χ0n) is 11.6. The second-order valence-electron chi connectivity index (χ2n) is 4.97. The first kappa shape index (κ1) is 14.0. The number of aryl methyl sites for hydroxylation is 1. The van der Waals surface area contributed by atoms with Crippen LogP contribution in [-0.4, -0.2) is 20.2 Å². The largest absolute Gasteiger partial charge is 0.308 e. The molecule has 0 fully saturated rings. The molecule has 2 aromatic heterocycles. The second kappa shape index (κ2) is 5.81. The van der Waals surface area contributed by atoms with Crippen molar-refractivity contribution < 1.29 is 0 Å². The number of nitrogens with one attached hydrogen (secondary N) is 2. The van der Waals surface area contributed by atoms with Crippen LogP contribution in [0.25, 0.3) is 11.0 Å². The maximum absolute atomic E-state index is 12.1. The molecular formula is C15H15BrN4O. The van der Waals surface area contributed by atoms with Crippen molar-refractivity contribution in [3.8, 4) is 0 Å². The van der Waals surface area contributed by atoms with E-state index in [1.165, 1.54) is 0 Å². The number of nitrogens with zero attached hydrogens (tertiary/aromatic N) is 2. The van der Waals surface area contributed by atoms with Gasteiger partial charge in [0.05, 0.1) is 5.69 Å². The molecule has 0 radical (unpaired) electrons. The minimum Gasteiger partial charge on any atom is -0.308 e. The summed E-state index contributed by atoms with van der Waals surface area (Å²) in [6.45, 7) is 2.09. The molecule has 0 aliphatic heterocycles. The number of rotatable bonds is 4. The topological polar surface area (TPSA) is 74.4 Å².